The number of carbonyl (C=O) groups is 1. The molecular weight excluding hydrogens is 304 g/mol. The molecule has 0 amide bonds. The number of nitro benzene ring substituents is 1. The van der Waals surface area contributed by atoms with Gasteiger partial charge in [-0.15, -0.1) is 0 Å². The molecule has 0 unspecified atom stereocenters. The van der Waals surface area contributed by atoms with Crippen molar-refractivity contribution >= 4 is 22.8 Å². The highest BCUT2D eigenvalue weighted by Crippen LogP contribution is 2.25. The Bertz CT molecular complexity index is 885. The van der Waals surface area contributed by atoms with E-state index in [9.17, 15) is 14.9 Å². The Labute approximate surface area is 129 Å². The lowest BCUT2D eigenvalue weighted by Crippen LogP contribution is -2.08. The number of oxazole rings is 1. The van der Waals surface area contributed by atoms with Crippen molar-refractivity contribution < 1.29 is 23.6 Å². The number of carbonyl (C=O) groups excluding carboxylic acids is 1. The van der Waals surface area contributed by atoms with Crippen molar-refractivity contribution in [2.24, 2.45) is 0 Å². The number of aromatic nitrogens is 1. The van der Waals surface area contributed by atoms with Gasteiger partial charge >= 0.3 is 12.0 Å². The van der Waals surface area contributed by atoms with E-state index < -0.39 is 10.9 Å². The van der Waals surface area contributed by atoms with Crippen LogP contribution in [-0.4, -0.2) is 23.0 Å². The topological polar surface area (TPSA) is 105 Å². The predicted octanol–water partition coefficient (Wildman–Crippen LogP) is 2.96. The van der Waals surface area contributed by atoms with Crippen LogP contribution < -0.4 is 9.47 Å². The van der Waals surface area contributed by atoms with E-state index in [-0.39, 0.29) is 28.7 Å². The van der Waals surface area contributed by atoms with Crippen molar-refractivity contribution in [2.45, 2.75) is 0 Å². The van der Waals surface area contributed by atoms with Gasteiger partial charge in [-0.1, -0.05) is 6.07 Å². The molecule has 0 bridgehead atoms. The van der Waals surface area contributed by atoms with E-state index in [0.29, 0.717) is 5.52 Å². The molecule has 1 aromatic heterocycles. The van der Waals surface area contributed by atoms with Crippen molar-refractivity contribution in [1.29, 1.82) is 0 Å². The van der Waals surface area contributed by atoms with Crippen molar-refractivity contribution in [3.63, 3.8) is 0 Å². The van der Waals surface area contributed by atoms with Crippen LogP contribution in [0.25, 0.3) is 11.1 Å². The molecule has 3 rings (SSSR count). The van der Waals surface area contributed by atoms with Crippen molar-refractivity contribution in [1.82, 2.24) is 4.98 Å². The van der Waals surface area contributed by atoms with Crippen LogP contribution in [0.4, 0.5) is 5.69 Å². The Kier molecular flexibility index (Phi) is 3.63. The molecule has 0 aliphatic rings. The van der Waals surface area contributed by atoms with Gasteiger partial charge in [0.25, 0.3) is 5.69 Å². The Morgan fingerprint density at radius 3 is 2.61 bits per heavy atom. The molecule has 3 aromatic rings. The molecule has 0 aliphatic heterocycles. The summed E-state index contributed by atoms with van der Waals surface area (Å²) in [6.07, 6.45) is 0.0376. The Morgan fingerprint density at radius 1 is 1.22 bits per heavy atom. The van der Waals surface area contributed by atoms with Crippen molar-refractivity contribution in [3.8, 4) is 11.8 Å². The zero-order valence-electron chi connectivity index (χ0n) is 11.9. The summed E-state index contributed by atoms with van der Waals surface area (Å²) in [5, 5.41) is 10.6. The number of nitrogens with zero attached hydrogens (tertiary/aromatic N) is 2. The number of rotatable bonds is 4. The standard InChI is InChI=1S/C15H10N2O6/c1-21-15-16-12-4-2-3-11(13(12)23-15)14(18)22-10-7-5-9(6-8-10)17(19)20/h2-8H,1H3. The fraction of sp³-hybridized carbons (Fsp3) is 0.0667. The third kappa shape index (κ3) is 2.82. The maximum absolute atomic E-state index is 12.3. The van der Waals surface area contributed by atoms with Crippen molar-refractivity contribution in [3.05, 3.63) is 58.1 Å². The Hall–Kier alpha value is -3.42. The number of para-hydroxylation sites is 1. The molecule has 0 fully saturated rings. The first kappa shape index (κ1) is 14.5. The molecule has 0 aliphatic carbocycles. The first-order chi connectivity index (χ1) is 11.1. The molecule has 8 heteroatoms. The molecule has 2 aromatic carbocycles. The van der Waals surface area contributed by atoms with Gasteiger partial charge in [-0.3, -0.25) is 10.1 Å². The third-order valence-corrected chi connectivity index (χ3v) is 3.05. The maximum Gasteiger partial charge on any atom is 0.394 e. The van der Waals surface area contributed by atoms with Crippen LogP contribution in [0, 0.1) is 10.1 Å². The largest absolute Gasteiger partial charge is 0.453 e. The minimum Gasteiger partial charge on any atom is -0.453 e. The van der Waals surface area contributed by atoms with Gasteiger partial charge in [-0.25, -0.2) is 4.79 Å². The number of hydrogen-bond donors (Lipinski definition) is 0. The average Bonchev–Trinajstić information content (AvgIpc) is 2.98. The molecule has 23 heavy (non-hydrogen) atoms. The lowest BCUT2D eigenvalue weighted by Gasteiger charge is -2.04. The lowest BCUT2D eigenvalue weighted by atomic mass is 10.2. The summed E-state index contributed by atoms with van der Waals surface area (Å²) in [6, 6.07) is 10.0. The van der Waals surface area contributed by atoms with E-state index in [0.717, 1.165) is 0 Å². The monoisotopic (exact) mass is 314 g/mol. The van der Waals surface area contributed by atoms with E-state index in [1.54, 1.807) is 12.1 Å². The number of hydrogen-bond acceptors (Lipinski definition) is 7. The summed E-state index contributed by atoms with van der Waals surface area (Å²) in [5.74, 6) is -0.479. The molecule has 0 saturated heterocycles. The molecule has 0 saturated carbocycles. The van der Waals surface area contributed by atoms with Gasteiger partial charge < -0.3 is 13.9 Å². The highest BCUT2D eigenvalue weighted by molar-refractivity contribution is 6.02. The summed E-state index contributed by atoms with van der Waals surface area (Å²) < 4.78 is 15.4. The SMILES string of the molecule is COc1nc2cccc(C(=O)Oc3ccc([N+](=O)[O-])cc3)c2o1. The molecular formula is C15H10N2O6. The highest BCUT2D eigenvalue weighted by Gasteiger charge is 2.18. The van der Waals surface area contributed by atoms with Crippen LogP contribution in [0.15, 0.2) is 46.9 Å². The Morgan fingerprint density at radius 2 is 1.96 bits per heavy atom. The van der Waals surface area contributed by atoms with Gasteiger partial charge in [0.05, 0.1) is 12.0 Å². The summed E-state index contributed by atoms with van der Waals surface area (Å²) in [7, 11) is 1.40. The van der Waals surface area contributed by atoms with Gasteiger partial charge in [0.15, 0.2) is 5.58 Å². The van der Waals surface area contributed by atoms with Crippen LogP contribution >= 0.6 is 0 Å². The van der Waals surface area contributed by atoms with E-state index in [1.165, 1.54) is 37.4 Å². The molecule has 1 heterocycles. The smallest absolute Gasteiger partial charge is 0.394 e. The molecule has 0 spiro atoms. The summed E-state index contributed by atoms with van der Waals surface area (Å²) >= 11 is 0. The quantitative estimate of drug-likeness (QED) is 0.315. The molecule has 8 nitrogen and oxygen atoms in total. The number of ether oxygens (including phenoxy) is 2. The summed E-state index contributed by atoms with van der Waals surface area (Å²) in [6.45, 7) is 0. The fourth-order valence-corrected chi connectivity index (χ4v) is 1.97. The second kappa shape index (κ2) is 5.76. The second-order valence-electron chi connectivity index (χ2n) is 4.48. The maximum atomic E-state index is 12.3. The van der Waals surface area contributed by atoms with Gasteiger partial charge in [0.1, 0.15) is 16.8 Å². The molecule has 0 atom stereocenters. The third-order valence-electron chi connectivity index (χ3n) is 3.05. The number of benzene rings is 2. The van der Waals surface area contributed by atoms with Gasteiger partial charge in [-0.2, -0.15) is 4.98 Å². The number of esters is 1. The highest BCUT2D eigenvalue weighted by atomic mass is 16.6. The van der Waals surface area contributed by atoms with E-state index >= 15 is 0 Å². The van der Waals surface area contributed by atoms with E-state index in [1.807, 2.05) is 0 Å². The van der Waals surface area contributed by atoms with Crippen LogP contribution in [0.1, 0.15) is 10.4 Å². The summed E-state index contributed by atoms with van der Waals surface area (Å²) in [5.41, 5.74) is 0.791. The Balaban J connectivity index is 1.88. The molecule has 116 valence electrons. The first-order valence-electron chi connectivity index (χ1n) is 6.48. The van der Waals surface area contributed by atoms with Crippen LogP contribution in [-0.2, 0) is 0 Å². The van der Waals surface area contributed by atoms with Gasteiger partial charge in [0.2, 0.25) is 0 Å². The first-order valence-corrected chi connectivity index (χ1v) is 6.48. The second-order valence-corrected chi connectivity index (χ2v) is 4.48. The van der Waals surface area contributed by atoms with E-state index in [2.05, 4.69) is 4.98 Å². The average molecular weight is 314 g/mol. The number of methoxy groups -OCH3 is 1. The minimum atomic E-state index is -0.664. The van der Waals surface area contributed by atoms with E-state index in [4.69, 9.17) is 13.9 Å². The van der Waals surface area contributed by atoms with Gasteiger partial charge in [-0.05, 0) is 24.3 Å². The fourth-order valence-electron chi connectivity index (χ4n) is 1.97. The predicted molar refractivity (Wildman–Crippen MR) is 78.6 cm³/mol. The minimum absolute atomic E-state index is 0.0376. The van der Waals surface area contributed by atoms with Crippen LogP contribution in [0.2, 0.25) is 0 Å². The van der Waals surface area contributed by atoms with Crippen molar-refractivity contribution in [2.75, 3.05) is 7.11 Å². The number of non-ortho nitro benzene ring substituents is 1. The lowest BCUT2D eigenvalue weighted by molar-refractivity contribution is -0.384. The van der Waals surface area contributed by atoms with Crippen LogP contribution in [0.5, 0.6) is 11.8 Å². The molecule has 0 N–H and O–H groups in total. The normalized spacial score (nSPS) is 10.5. The zero-order chi connectivity index (χ0) is 16.4. The zero-order valence-corrected chi connectivity index (χ0v) is 11.9. The number of fused-ring (bicyclic) bond motifs is 1. The molecule has 0 radical (unpaired) electrons. The van der Waals surface area contributed by atoms with Gasteiger partial charge in [0, 0.05) is 12.1 Å². The number of nitro groups is 1. The van der Waals surface area contributed by atoms with Crippen LogP contribution in [0.3, 0.4) is 0 Å². The summed E-state index contributed by atoms with van der Waals surface area (Å²) in [4.78, 5) is 26.4.